The fourth-order valence-corrected chi connectivity index (χ4v) is 2.66. The number of ether oxygens (including phenoxy) is 4. The van der Waals surface area contributed by atoms with E-state index in [1.807, 2.05) is 0 Å². The van der Waals surface area contributed by atoms with E-state index in [0.29, 0.717) is 26.1 Å². The third-order valence-electron chi connectivity index (χ3n) is 3.66. The van der Waals surface area contributed by atoms with Crippen molar-refractivity contribution in [1.29, 1.82) is 0 Å². The van der Waals surface area contributed by atoms with E-state index in [2.05, 4.69) is 0 Å². The molecule has 1 aliphatic heterocycles. The number of nitrogens with zero attached hydrogens (tertiary/aromatic N) is 1. The average molecular weight is 309 g/mol. The van der Waals surface area contributed by atoms with E-state index in [-0.39, 0.29) is 29.7 Å². The molecule has 1 saturated heterocycles. The van der Waals surface area contributed by atoms with Crippen LogP contribution in [0, 0.1) is 10.1 Å². The number of hydrogen-bond donors (Lipinski definition) is 0. The topological polar surface area (TPSA) is 97.1 Å². The maximum absolute atomic E-state index is 11.7. The summed E-state index contributed by atoms with van der Waals surface area (Å²) < 4.78 is 21.3. The summed E-state index contributed by atoms with van der Waals surface area (Å²) in [7, 11) is 0. The molecule has 0 unspecified atom stereocenters. The van der Waals surface area contributed by atoms with Gasteiger partial charge >= 0.3 is 6.16 Å². The number of benzene rings is 1. The number of fused-ring (bicyclic) bond motifs is 1. The van der Waals surface area contributed by atoms with Gasteiger partial charge in [-0.3, -0.25) is 10.1 Å². The Bertz CT molecular complexity index is 545. The number of carbonyl (C=O) groups excluding carboxylic acids is 1. The zero-order chi connectivity index (χ0) is 15.5. The van der Waals surface area contributed by atoms with Crippen LogP contribution in [0.15, 0.2) is 24.3 Å². The highest BCUT2D eigenvalue weighted by molar-refractivity contribution is 5.64. The standard InChI is InChI=1S/C14H15NO7/c16-14(21-10-3-1-9(2-4-10)15(17)18)22-11-7-12-13(8-11)20-6-5-19-12/h1-4,11-13H,5-8H2/t11-,12-,13+. The second kappa shape index (κ2) is 6.29. The largest absolute Gasteiger partial charge is 0.514 e. The summed E-state index contributed by atoms with van der Waals surface area (Å²) in [6.45, 7) is 1.11. The molecule has 3 atom stereocenters. The molecule has 0 bridgehead atoms. The second-order valence-corrected chi connectivity index (χ2v) is 5.13. The molecule has 0 radical (unpaired) electrons. The SMILES string of the molecule is O=C(Oc1ccc([N+](=O)[O-])cc1)O[C@H]1C[C@@H]2OCCO[C@@H]2C1. The van der Waals surface area contributed by atoms with Crippen molar-refractivity contribution in [2.75, 3.05) is 13.2 Å². The van der Waals surface area contributed by atoms with Crippen LogP contribution in [0.5, 0.6) is 5.75 Å². The fraction of sp³-hybridized carbons (Fsp3) is 0.500. The van der Waals surface area contributed by atoms with Crippen molar-refractivity contribution < 1.29 is 28.7 Å². The quantitative estimate of drug-likeness (QED) is 0.365. The molecule has 1 heterocycles. The molecule has 1 aromatic rings. The lowest BCUT2D eigenvalue weighted by atomic mass is 10.2. The summed E-state index contributed by atoms with van der Waals surface area (Å²) in [5.41, 5.74) is -0.0742. The highest BCUT2D eigenvalue weighted by atomic mass is 16.7. The Kier molecular flexibility index (Phi) is 4.21. The van der Waals surface area contributed by atoms with Gasteiger partial charge in [0.25, 0.3) is 5.69 Å². The molecule has 22 heavy (non-hydrogen) atoms. The molecule has 2 aliphatic rings. The first-order valence-electron chi connectivity index (χ1n) is 6.98. The smallest absolute Gasteiger partial charge is 0.430 e. The van der Waals surface area contributed by atoms with Crippen LogP contribution in [0.4, 0.5) is 10.5 Å². The average Bonchev–Trinajstić information content (AvgIpc) is 2.89. The fourth-order valence-electron chi connectivity index (χ4n) is 2.66. The minimum absolute atomic E-state index is 0.0362. The Hall–Kier alpha value is -2.19. The van der Waals surface area contributed by atoms with E-state index in [9.17, 15) is 14.9 Å². The lowest BCUT2D eigenvalue weighted by Gasteiger charge is -2.25. The van der Waals surface area contributed by atoms with Crippen LogP contribution in [0.3, 0.4) is 0 Å². The zero-order valence-corrected chi connectivity index (χ0v) is 11.7. The maximum Gasteiger partial charge on any atom is 0.514 e. The highest BCUT2D eigenvalue weighted by Gasteiger charge is 2.40. The van der Waals surface area contributed by atoms with Crippen molar-refractivity contribution in [3.05, 3.63) is 34.4 Å². The van der Waals surface area contributed by atoms with E-state index in [1.54, 1.807) is 0 Å². The Morgan fingerprint density at radius 3 is 2.27 bits per heavy atom. The third kappa shape index (κ3) is 3.34. The Labute approximate surface area is 126 Å². The molecular weight excluding hydrogens is 294 g/mol. The van der Waals surface area contributed by atoms with Crippen molar-refractivity contribution in [3.63, 3.8) is 0 Å². The Balaban J connectivity index is 1.51. The molecule has 8 nitrogen and oxygen atoms in total. The van der Waals surface area contributed by atoms with Gasteiger partial charge in [-0.1, -0.05) is 0 Å². The lowest BCUT2D eigenvalue weighted by molar-refractivity contribution is -0.384. The normalized spacial score (nSPS) is 27.0. The van der Waals surface area contributed by atoms with Crippen LogP contribution in [-0.4, -0.2) is 42.6 Å². The van der Waals surface area contributed by atoms with Crippen LogP contribution in [0.25, 0.3) is 0 Å². The van der Waals surface area contributed by atoms with E-state index < -0.39 is 11.1 Å². The van der Waals surface area contributed by atoms with Gasteiger partial charge in [-0.05, 0) is 12.1 Å². The molecule has 1 aromatic carbocycles. The summed E-state index contributed by atoms with van der Waals surface area (Å²) in [6, 6.07) is 5.21. The molecule has 3 rings (SSSR count). The zero-order valence-electron chi connectivity index (χ0n) is 11.7. The highest BCUT2D eigenvalue weighted by Crippen LogP contribution is 2.30. The van der Waals surface area contributed by atoms with Gasteiger partial charge in [0.1, 0.15) is 11.9 Å². The first-order valence-corrected chi connectivity index (χ1v) is 6.98. The number of hydrogen-bond acceptors (Lipinski definition) is 7. The molecular formula is C14H15NO7. The first kappa shape index (κ1) is 14.7. The van der Waals surface area contributed by atoms with E-state index in [4.69, 9.17) is 18.9 Å². The summed E-state index contributed by atoms with van der Waals surface area (Å²) >= 11 is 0. The van der Waals surface area contributed by atoms with Gasteiger partial charge in [0.15, 0.2) is 0 Å². The van der Waals surface area contributed by atoms with Gasteiger partial charge in [-0.15, -0.1) is 0 Å². The predicted octanol–water partition coefficient (Wildman–Crippen LogP) is 2.06. The van der Waals surface area contributed by atoms with Crippen LogP contribution in [-0.2, 0) is 14.2 Å². The molecule has 8 heteroatoms. The van der Waals surface area contributed by atoms with E-state index in [0.717, 1.165) is 0 Å². The summed E-state index contributed by atoms with van der Waals surface area (Å²) in [4.78, 5) is 21.7. The number of carbonyl (C=O) groups is 1. The molecule has 0 N–H and O–H groups in total. The van der Waals surface area contributed by atoms with Crippen LogP contribution in [0.1, 0.15) is 12.8 Å². The Morgan fingerprint density at radius 2 is 1.73 bits per heavy atom. The van der Waals surface area contributed by atoms with Crippen LogP contribution in [0.2, 0.25) is 0 Å². The number of rotatable bonds is 3. The number of nitro groups is 1. The lowest BCUT2D eigenvalue weighted by Crippen LogP contribution is -2.33. The Morgan fingerprint density at radius 1 is 1.14 bits per heavy atom. The van der Waals surface area contributed by atoms with E-state index in [1.165, 1.54) is 24.3 Å². The third-order valence-corrected chi connectivity index (χ3v) is 3.66. The minimum atomic E-state index is -0.836. The van der Waals surface area contributed by atoms with Gasteiger partial charge in [0.05, 0.1) is 30.3 Å². The van der Waals surface area contributed by atoms with Crippen molar-refractivity contribution in [2.45, 2.75) is 31.2 Å². The number of nitro benzene ring substituents is 1. The van der Waals surface area contributed by atoms with Gasteiger partial charge in [-0.25, -0.2) is 4.79 Å². The molecule has 0 aromatic heterocycles. The van der Waals surface area contributed by atoms with Gasteiger partial charge in [-0.2, -0.15) is 0 Å². The molecule has 1 saturated carbocycles. The van der Waals surface area contributed by atoms with E-state index >= 15 is 0 Å². The molecule has 2 fully saturated rings. The molecule has 1 aliphatic carbocycles. The number of non-ortho nitro benzene ring substituents is 1. The molecule has 118 valence electrons. The molecule has 0 spiro atoms. The van der Waals surface area contributed by atoms with Gasteiger partial charge < -0.3 is 18.9 Å². The predicted molar refractivity (Wildman–Crippen MR) is 72.7 cm³/mol. The first-order chi connectivity index (χ1) is 10.6. The van der Waals surface area contributed by atoms with Crippen molar-refractivity contribution in [1.82, 2.24) is 0 Å². The van der Waals surface area contributed by atoms with Gasteiger partial charge in [0.2, 0.25) is 0 Å². The van der Waals surface area contributed by atoms with Crippen molar-refractivity contribution in [2.24, 2.45) is 0 Å². The van der Waals surface area contributed by atoms with Gasteiger partial charge in [0, 0.05) is 25.0 Å². The van der Waals surface area contributed by atoms with Crippen molar-refractivity contribution >= 4 is 11.8 Å². The van der Waals surface area contributed by atoms with Crippen LogP contribution >= 0.6 is 0 Å². The molecule has 0 amide bonds. The van der Waals surface area contributed by atoms with Crippen LogP contribution < -0.4 is 4.74 Å². The van der Waals surface area contributed by atoms with Crippen molar-refractivity contribution in [3.8, 4) is 5.75 Å². The second-order valence-electron chi connectivity index (χ2n) is 5.13. The summed E-state index contributed by atoms with van der Waals surface area (Å²) in [5.74, 6) is 0.193. The maximum atomic E-state index is 11.7. The monoisotopic (exact) mass is 309 g/mol. The summed E-state index contributed by atoms with van der Waals surface area (Å²) in [5, 5.41) is 10.5. The summed E-state index contributed by atoms with van der Waals surface area (Å²) in [6.07, 6.45) is -0.0481. The minimum Gasteiger partial charge on any atom is -0.430 e.